The molecule has 0 bridgehead atoms. The van der Waals surface area contributed by atoms with Crippen LogP contribution in [-0.2, 0) is 0 Å². The summed E-state index contributed by atoms with van der Waals surface area (Å²) < 4.78 is 0. The van der Waals surface area contributed by atoms with Crippen LogP contribution in [0.25, 0.3) is 0 Å². The number of hydrogen-bond donors (Lipinski definition) is 0. The molecular weight excluding hydrogens is 180 g/mol. The van der Waals surface area contributed by atoms with E-state index in [0.717, 1.165) is 6.42 Å². The highest BCUT2D eigenvalue weighted by Gasteiger charge is 2.22. The van der Waals surface area contributed by atoms with Crippen molar-refractivity contribution in [3.63, 3.8) is 0 Å². The highest BCUT2D eigenvalue weighted by molar-refractivity contribution is 6.21. The first-order valence-corrected chi connectivity index (χ1v) is 5.36. The molecule has 0 saturated heterocycles. The minimum atomic E-state index is 0.242. The lowest BCUT2D eigenvalue weighted by molar-refractivity contribution is 0.578. The van der Waals surface area contributed by atoms with Crippen molar-refractivity contribution < 1.29 is 0 Å². The van der Waals surface area contributed by atoms with Crippen molar-refractivity contribution in [3.05, 3.63) is 34.9 Å². The minimum Gasteiger partial charge on any atom is -0.118 e. The Labute approximate surface area is 84.9 Å². The molecule has 13 heavy (non-hydrogen) atoms. The molecule has 0 radical (unpaired) electrons. The molecule has 0 aromatic heterocycles. The lowest BCUT2D eigenvalue weighted by Crippen LogP contribution is -2.09. The zero-order valence-corrected chi connectivity index (χ0v) is 8.93. The molecule has 1 aromatic carbocycles. The summed E-state index contributed by atoms with van der Waals surface area (Å²) >= 11 is 6.28. The first-order chi connectivity index (χ1) is 6.18. The van der Waals surface area contributed by atoms with Crippen molar-refractivity contribution in [2.75, 3.05) is 0 Å². The van der Waals surface area contributed by atoms with Gasteiger partial charge in [0.2, 0.25) is 0 Å². The summed E-state index contributed by atoms with van der Waals surface area (Å²) in [5.41, 5.74) is 4.13. The summed E-state index contributed by atoms with van der Waals surface area (Å²) in [6.07, 6.45) is 2.35. The molecule has 2 atom stereocenters. The van der Waals surface area contributed by atoms with Gasteiger partial charge in [0.15, 0.2) is 0 Å². The Morgan fingerprint density at radius 2 is 2.00 bits per heavy atom. The molecule has 0 N–H and O–H groups in total. The molecule has 2 unspecified atom stereocenters. The van der Waals surface area contributed by atoms with E-state index in [0.29, 0.717) is 5.92 Å². The molecule has 1 aromatic rings. The van der Waals surface area contributed by atoms with Crippen molar-refractivity contribution in [2.24, 2.45) is 0 Å². The normalized spacial score (nSPS) is 27.0. The van der Waals surface area contributed by atoms with Gasteiger partial charge in [-0.2, -0.15) is 0 Å². The zero-order valence-electron chi connectivity index (χ0n) is 8.18. The van der Waals surface area contributed by atoms with Gasteiger partial charge in [-0.1, -0.05) is 30.7 Å². The second-order valence-corrected chi connectivity index (χ2v) is 4.61. The molecule has 0 fully saturated rings. The molecule has 70 valence electrons. The topological polar surface area (TPSA) is 0 Å². The monoisotopic (exact) mass is 194 g/mol. The lowest BCUT2D eigenvalue weighted by atomic mass is 9.83. The van der Waals surface area contributed by atoms with Crippen molar-refractivity contribution in [1.29, 1.82) is 0 Å². The zero-order chi connectivity index (χ0) is 9.42. The molecule has 0 amide bonds. The largest absolute Gasteiger partial charge is 0.118 e. The highest BCUT2D eigenvalue weighted by Crippen LogP contribution is 2.40. The van der Waals surface area contributed by atoms with Crippen molar-refractivity contribution in [1.82, 2.24) is 0 Å². The second kappa shape index (κ2) is 3.34. The maximum absolute atomic E-state index is 6.28. The van der Waals surface area contributed by atoms with Crippen LogP contribution in [0.5, 0.6) is 0 Å². The van der Waals surface area contributed by atoms with Crippen LogP contribution in [-0.4, -0.2) is 0 Å². The van der Waals surface area contributed by atoms with E-state index in [1.807, 2.05) is 0 Å². The van der Waals surface area contributed by atoms with Crippen LogP contribution in [0.1, 0.15) is 47.8 Å². The smallest absolute Gasteiger partial charge is 0.0588 e. The fourth-order valence-electron chi connectivity index (χ4n) is 2.12. The maximum atomic E-state index is 6.28. The van der Waals surface area contributed by atoms with E-state index in [2.05, 4.69) is 32.0 Å². The third-order valence-corrected chi connectivity index (χ3v) is 3.42. The van der Waals surface area contributed by atoms with Gasteiger partial charge < -0.3 is 0 Å². The van der Waals surface area contributed by atoms with Crippen molar-refractivity contribution in [3.8, 4) is 0 Å². The molecule has 0 aliphatic heterocycles. The summed E-state index contributed by atoms with van der Waals surface area (Å²) in [5, 5.41) is 0.242. The summed E-state index contributed by atoms with van der Waals surface area (Å²) in [6, 6.07) is 6.66. The van der Waals surface area contributed by atoms with E-state index in [1.54, 1.807) is 0 Å². The maximum Gasteiger partial charge on any atom is 0.0588 e. The van der Waals surface area contributed by atoms with E-state index in [4.69, 9.17) is 11.6 Å². The van der Waals surface area contributed by atoms with E-state index >= 15 is 0 Å². The molecule has 0 spiro atoms. The number of fused-ring (bicyclic) bond motifs is 1. The van der Waals surface area contributed by atoms with E-state index in [9.17, 15) is 0 Å². The van der Waals surface area contributed by atoms with Gasteiger partial charge in [0.25, 0.3) is 0 Å². The van der Waals surface area contributed by atoms with Gasteiger partial charge in [0, 0.05) is 0 Å². The van der Waals surface area contributed by atoms with Gasteiger partial charge in [-0.25, -0.2) is 0 Å². The Balaban J connectivity index is 2.50. The first-order valence-electron chi connectivity index (χ1n) is 4.93. The van der Waals surface area contributed by atoms with Gasteiger partial charge in [-0.3, -0.25) is 0 Å². The number of alkyl halides is 1. The van der Waals surface area contributed by atoms with Crippen LogP contribution in [0, 0.1) is 6.92 Å². The molecular formula is C12H15Cl. The third-order valence-electron chi connectivity index (χ3n) is 2.96. The third kappa shape index (κ3) is 1.60. The van der Waals surface area contributed by atoms with Gasteiger partial charge in [-0.15, -0.1) is 11.6 Å². The Morgan fingerprint density at radius 3 is 2.77 bits per heavy atom. The summed E-state index contributed by atoms with van der Waals surface area (Å²) in [7, 11) is 0. The molecule has 0 heterocycles. The van der Waals surface area contributed by atoms with E-state index in [1.165, 1.54) is 23.1 Å². The van der Waals surface area contributed by atoms with Crippen molar-refractivity contribution in [2.45, 2.75) is 38.0 Å². The quantitative estimate of drug-likeness (QED) is 0.544. The van der Waals surface area contributed by atoms with Crippen LogP contribution in [0.15, 0.2) is 18.2 Å². The highest BCUT2D eigenvalue weighted by atomic mass is 35.5. The molecule has 2 rings (SSSR count). The average Bonchev–Trinajstić information content (AvgIpc) is 2.12. The lowest BCUT2D eigenvalue weighted by Gasteiger charge is -2.26. The predicted octanol–water partition coefficient (Wildman–Crippen LogP) is 4.17. The first kappa shape index (κ1) is 9.08. The van der Waals surface area contributed by atoms with Gasteiger partial charge in [-0.05, 0) is 36.8 Å². The van der Waals surface area contributed by atoms with Gasteiger partial charge in [0.05, 0.1) is 5.38 Å². The van der Waals surface area contributed by atoms with E-state index < -0.39 is 0 Å². The second-order valence-electron chi connectivity index (χ2n) is 4.08. The van der Waals surface area contributed by atoms with Crippen LogP contribution < -0.4 is 0 Å². The van der Waals surface area contributed by atoms with E-state index in [-0.39, 0.29) is 5.38 Å². The molecule has 1 heteroatoms. The van der Waals surface area contributed by atoms with Crippen molar-refractivity contribution >= 4 is 11.6 Å². The summed E-state index contributed by atoms with van der Waals surface area (Å²) in [6.45, 7) is 4.42. The molecule has 1 aliphatic rings. The summed E-state index contributed by atoms with van der Waals surface area (Å²) in [4.78, 5) is 0. The number of benzene rings is 1. The SMILES string of the molecule is Cc1ccc2c(c1)C(Cl)CCC2C. The molecule has 0 saturated carbocycles. The number of rotatable bonds is 0. The predicted molar refractivity (Wildman–Crippen MR) is 57.4 cm³/mol. The Kier molecular flexibility index (Phi) is 2.33. The minimum absolute atomic E-state index is 0.242. The number of aryl methyl sites for hydroxylation is 1. The Morgan fingerprint density at radius 1 is 1.23 bits per heavy atom. The number of halogens is 1. The van der Waals surface area contributed by atoms with Crippen LogP contribution >= 0.6 is 11.6 Å². The summed E-state index contributed by atoms with van der Waals surface area (Å²) in [5.74, 6) is 0.686. The fourth-order valence-corrected chi connectivity index (χ4v) is 2.44. The standard InChI is InChI=1S/C12H15Cl/c1-8-3-5-10-9(2)4-6-12(13)11(10)7-8/h3,5,7,9,12H,4,6H2,1-2H3. The fraction of sp³-hybridized carbons (Fsp3) is 0.500. The van der Waals surface area contributed by atoms with Crippen LogP contribution in [0.3, 0.4) is 0 Å². The van der Waals surface area contributed by atoms with Gasteiger partial charge >= 0.3 is 0 Å². The van der Waals surface area contributed by atoms with Crippen LogP contribution in [0.2, 0.25) is 0 Å². The molecule has 1 aliphatic carbocycles. The molecule has 0 nitrogen and oxygen atoms in total. The van der Waals surface area contributed by atoms with Gasteiger partial charge in [0.1, 0.15) is 0 Å². The Bertz CT molecular complexity index is 317. The number of hydrogen-bond acceptors (Lipinski definition) is 0. The van der Waals surface area contributed by atoms with Crippen LogP contribution in [0.4, 0.5) is 0 Å². The average molecular weight is 195 g/mol. The Hall–Kier alpha value is -0.490.